The van der Waals surface area contributed by atoms with Gasteiger partial charge in [0.1, 0.15) is 24.3 Å². The van der Waals surface area contributed by atoms with Crippen LogP contribution in [0.3, 0.4) is 0 Å². The second-order valence-electron chi connectivity index (χ2n) is 6.85. The van der Waals surface area contributed by atoms with Crippen LogP contribution >= 0.6 is 0 Å². The molecular weight excluding hydrogens is 316 g/mol. The van der Waals surface area contributed by atoms with Gasteiger partial charge in [-0.3, -0.25) is 9.36 Å². The highest BCUT2D eigenvalue weighted by atomic mass is 16.2. The van der Waals surface area contributed by atoms with Crippen molar-refractivity contribution in [1.29, 1.82) is 0 Å². The first-order chi connectivity index (χ1) is 12.3. The zero-order valence-electron chi connectivity index (χ0n) is 14.4. The van der Waals surface area contributed by atoms with Crippen molar-refractivity contribution in [2.24, 2.45) is 5.92 Å². The predicted molar refractivity (Wildman–Crippen MR) is 94.5 cm³/mol. The fourth-order valence-corrected chi connectivity index (χ4v) is 3.81. The maximum atomic E-state index is 12.7. The number of hydrogen-bond donors (Lipinski definition) is 0. The summed E-state index contributed by atoms with van der Waals surface area (Å²) in [5, 5.41) is 0. The largest absolute Gasteiger partial charge is 0.353 e. The number of carbonyl (C=O) groups excluding carboxylic acids is 1. The van der Waals surface area contributed by atoms with Crippen molar-refractivity contribution in [3.05, 3.63) is 31.1 Å². The average Bonchev–Trinajstić information content (AvgIpc) is 3.23. The third-order valence-corrected chi connectivity index (χ3v) is 5.28. The number of imidazole rings is 1. The lowest BCUT2D eigenvalue weighted by Crippen LogP contribution is -2.50. The molecule has 2 aliphatic rings. The summed E-state index contributed by atoms with van der Waals surface area (Å²) in [4.78, 5) is 29.7. The van der Waals surface area contributed by atoms with E-state index in [1.165, 1.54) is 19.3 Å². The van der Waals surface area contributed by atoms with Crippen molar-refractivity contribution < 1.29 is 4.79 Å². The molecule has 3 heterocycles. The molecule has 2 aromatic heterocycles. The molecule has 2 aromatic rings. The first-order valence-electron chi connectivity index (χ1n) is 9.15. The Morgan fingerprint density at radius 2 is 1.76 bits per heavy atom. The molecule has 0 unspecified atom stereocenters. The van der Waals surface area contributed by atoms with Crippen LogP contribution in [0.4, 0.5) is 5.82 Å². The number of carbonyl (C=O) groups is 1. The van der Waals surface area contributed by atoms with Crippen LogP contribution in [0.1, 0.15) is 32.1 Å². The molecule has 7 nitrogen and oxygen atoms in total. The van der Waals surface area contributed by atoms with Crippen molar-refractivity contribution in [2.75, 3.05) is 31.1 Å². The standard InChI is InChI=1S/C18H24N6O/c25-18(15-4-2-1-3-5-15)23-10-8-22(9-11-23)16-12-17(21-13-20-16)24-7-6-19-14-24/h6-7,12-15H,1-5,8-11H2. The molecule has 7 heteroatoms. The minimum Gasteiger partial charge on any atom is -0.353 e. The lowest BCUT2D eigenvalue weighted by molar-refractivity contribution is -0.136. The number of rotatable bonds is 3. The van der Waals surface area contributed by atoms with Gasteiger partial charge in [-0.05, 0) is 12.8 Å². The van der Waals surface area contributed by atoms with Gasteiger partial charge in [0.15, 0.2) is 0 Å². The maximum absolute atomic E-state index is 12.7. The zero-order chi connectivity index (χ0) is 17.1. The second kappa shape index (κ2) is 7.21. The normalized spacial score (nSPS) is 19.2. The van der Waals surface area contributed by atoms with Gasteiger partial charge in [-0.25, -0.2) is 15.0 Å². The first kappa shape index (κ1) is 16.1. The average molecular weight is 340 g/mol. The molecular formula is C18H24N6O. The van der Waals surface area contributed by atoms with Gasteiger partial charge in [-0.1, -0.05) is 19.3 Å². The van der Waals surface area contributed by atoms with Gasteiger partial charge in [0.2, 0.25) is 5.91 Å². The minimum absolute atomic E-state index is 0.257. The molecule has 132 valence electrons. The van der Waals surface area contributed by atoms with Crippen LogP contribution in [0.15, 0.2) is 31.1 Å². The molecule has 1 aliphatic heterocycles. The van der Waals surface area contributed by atoms with E-state index in [0.717, 1.165) is 50.7 Å². The van der Waals surface area contributed by atoms with Crippen molar-refractivity contribution in [3.8, 4) is 5.82 Å². The summed E-state index contributed by atoms with van der Waals surface area (Å²) in [5.74, 6) is 2.33. The molecule has 0 N–H and O–H groups in total. The molecule has 2 fully saturated rings. The van der Waals surface area contributed by atoms with Crippen LogP contribution in [-0.2, 0) is 4.79 Å². The molecule has 1 saturated carbocycles. The summed E-state index contributed by atoms with van der Waals surface area (Å²) in [7, 11) is 0. The summed E-state index contributed by atoms with van der Waals surface area (Å²) < 4.78 is 1.87. The Balaban J connectivity index is 1.38. The number of piperazine rings is 1. The van der Waals surface area contributed by atoms with Crippen molar-refractivity contribution >= 4 is 11.7 Å². The molecule has 0 aromatic carbocycles. The predicted octanol–water partition coefficient (Wildman–Crippen LogP) is 1.89. The van der Waals surface area contributed by atoms with Gasteiger partial charge in [0.25, 0.3) is 0 Å². The fourth-order valence-electron chi connectivity index (χ4n) is 3.81. The lowest BCUT2D eigenvalue weighted by Gasteiger charge is -2.37. The van der Waals surface area contributed by atoms with Crippen LogP contribution in [0.25, 0.3) is 5.82 Å². The number of amides is 1. The monoisotopic (exact) mass is 340 g/mol. The molecule has 1 amide bonds. The van der Waals surface area contributed by atoms with Gasteiger partial charge in [-0.2, -0.15) is 0 Å². The highest BCUT2D eigenvalue weighted by Gasteiger charge is 2.28. The summed E-state index contributed by atoms with van der Waals surface area (Å²) in [5.41, 5.74) is 0. The molecule has 25 heavy (non-hydrogen) atoms. The second-order valence-corrected chi connectivity index (χ2v) is 6.85. The minimum atomic E-state index is 0.257. The summed E-state index contributed by atoms with van der Waals surface area (Å²) >= 11 is 0. The number of aromatic nitrogens is 4. The van der Waals surface area contributed by atoms with Crippen molar-refractivity contribution in [1.82, 2.24) is 24.4 Å². The summed E-state index contributed by atoms with van der Waals surface area (Å²) in [6, 6.07) is 1.97. The van der Waals surface area contributed by atoms with Crippen LogP contribution in [0.5, 0.6) is 0 Å². The van der Waals surface area contributed by atoms with Gasteiger partial charge in [-0.15, -0.1) is 0 Å². The Hall–Kier alpha value is -2.44. The molecule has 4 rings (SSSR count). The first-order valence-corrected chi connectivity index (χ1v) is 9.15. The van der Waals surface area contributed by atoms with Crippen LogP contribution in [0.2, 0.25) is 0 Å². The topological polar surface area (TPSA) is 67.2 Å². The number of hydrogen-bond acceptors (Lipinski definition) is 5. The third kappa shape index (κ3) is 3.50. The lowest BCUT2D eigenvalue weighted by atomic mass is 9.88. The molecule has 1 saturated heterocycles. The Kier molecular flexibility index (Phi) is 4.63. The van der Waals surface area contributed by atoms with E-state index in [9.17, 15) is 4.79 Å². The number of anilines is 1. The molecule has 0 spiro atoms. The maximum Gasteiger partial charge on any atom is 0.225 e. The quantitative estimate of drug-likeness (QED) is 0.853. The van der Waals surface area contributed by atoms with Crippen LogP contribution < -0.4 is 4.90 Å². The van der Waals surface area contributed by atoms with E-state index in [0.29, 0.717) is 5.91 Å². The van der Waals surface area contributed by atoms with Gasteiger partial charge < -0.3 is 9.80 Å². The van der Waals surface area contributed by atoms with Gasteiger partial charge in [0.05, 0.1) is 0 Å². The zero-order valence-corrected chi connectivity index (χ0v) is 14.4. The van der Waals surface area contributed by atoms with E-state index >= 15 is 0 Å². The fraction of sp³-hybridized carbons (Fsp3) is 0.556. The molecule has 0 radical (unpaired) electrons. The van der Waals surface area contributed by atoms with E-state index in [4.69, 9.17) is 0 Å². The summed E-state index contributed by atoms with van der Waals surface area (Å²) in [6.07, 6.45) is 12.7. The third-order valence-electron chi connectivity index (χ3n) is 5.28. The van der Waals surface area contributed by atoms with Crippen molar-refractivity contribution in [3.63, 3.8) is 0 Å². The van der Waals surface area contributed by atoms with E-state index in [2.05, 4.69) is 19.9 Å². The van der Waals surface area contributed by atoms with Gasteiger partial charge >= 0.3 is 0 Å². The van der Waals surface area contributed by atoms with Crippen molar-refractivity contribution in [2.45, 2.75) is 32.1 Å². The molecule has 0 atom stereocenters. The molecule has 0 bridgehead atoms. The van der Waals surface area contributed by atoms with E-state index in [-0.39, 0.29) is 5.92 Å². The van der Waals surface area contributed by atoms with E-state index in [1.807, 2.05) is 21.7 Å². The highest BCUT2D eigenvalue weighted by Crippen LogP contribution is 2.26. The Morgan fingerprint density at radius 1 is 1.00 bits per heavy atom. The smallest absolute Gasteiger partial charge is 0.225 e. The number of nitrogens with zero attached hydrogens (tertiary/aromatic N) is 6. The van der Waals surface area contributed by atoms with E-state index in [1.54, 1.807) is 18.9 Å². The van der Waals surface area contributed by atoms with Crippen LogP contribution in [-0.4, -0.2) is 56.5 Å². The molecule has 1 aliphatic carbocycles. The van der Waals surface area contributed by atoms with Crippen LogP contribution in [0, 0.1) is 5.92 Å². The van der Waals surface area contributed by atoms with E-state index < -0.39 is 0 Å². The Labute approximate surface area is 147 Å². The Bertz CT molecular complexity index is 702. The summed E-state index contributed by atoms with van der Waals surface area (Å²) in [6.45, 7) is 3.19. The highest BCUT2D eigenvalue weighted by molar-refractivity contribution is 5.79. The van der Waals surface area contributed by atoms with Gasteiger partial charge in [0, 0.05) is 50.6 Å². The Morgan fingerprint density at radius 3 is 2.48 bits per heavy atom. The SMILES string of the molecule is O=C(C1CCCCC1)N1CCN(c2cc(-n3ccnc3)ncn2)CC1.